The first-order valence-corrected chi connectivity index (χ1v) is 5.95. The molecule has 0 unspecified atom stereocenters. The minimum absolute atomic E-state index is 0.0574. The predicted octanol–water partition coefficient (Wildman–Crippen LogP) is 2.04. The number of halogens is 1. The molecule has 0 saturated carbocycles. The molecule has 1 aromatic carbocycles. The summed E-state index contributed by atoms with van der Waals surface area (Å²) in [5, 5.41) is 13.1. The number of aliphatic hydroxyl groups is 1. The van der Waals surface area contributed by atoms with Gasteiger partial charge in [0.25, 0.3) is 0 Å². The van der Waals surface area contributed by atoms with Gasteiger partial charge in [-0.1, -0.05) is 18.5 Å². The lowest BCUT2D eigenvalue weighted by Crippen LogP contribution is -2.11. The highest BCUT2D eigenvalue weighted by Crippen LogP contribution is 2.24. The van der Waals surface area contributed by atoms with E-state index in [9.17, 15) is 0 Å². The highest BCUT2D eigenvalue weighted by atomic mass is 35.5. The standard InChI is InChI=1S/C12H17ClN2O2/c1-2-7-17-12-4-3-10(8-11(12)13)9-15-14-5-6-16/h3-4,8-9,14,16H,2,5-7H2,1H3. The van der Waals surface area contributed by atoms with Crippen molar-refractivity contribution < 1.29 is 9.84 Å². The second-order valence-corrected chi connectivity index (χ2v) is 3.84. The van der Waals surface area contributed by atoms with E-state index in [1.165, 1.54) is 0 Å². The lowest BCUT2D eigenvalue weighted by molar-refractivity contribution is 0.294. The molecule has 0 aliphatic carbocycles. The molecule has 1 aromatic rings. The largest absolute Gasteiger partial charge is 0.492 e. The summed E-state index contributed by atoms with van der Waals surface area (Å²) < 4.78 is 5.46. The van der Waals surface area contributed by atoms with Gasteiger partial charge in [0.2, 0.25) is 0 Å². The Morgan fingerprint density at radius 3 is 3.00 bits per heavy atom. The van der Waals surface area contributed by atoms with E-state index in [1.54, 1.807) is 12.3 Å². The van der Waals surface area contributed by atoms with Crippen molar-refractivity contribution in [2.75, 3.05) is 19.8 Å². The van der Waals surface area contributed by atoms with Crippen molar-refractivity contribution in [2.45, 2.75) is 13.3 Å². The number of hydrogen-bond donors (Lipinski definition) is 2. The minimum Gasteiger partial charge on any atom is -0.492 e. The maximum Gasteiger partial charge on any atom is 0.137 e. The molecule has 0 atom stereocenters. The van der Waals surface area contributed by atoms with Crippen LogP contribution < -0.4 is 10.2 Å². The van der Waals surface area contributed by atoms with Crippen LogP contribution in [0.1, 0.15) is 18.9 Å². The lowest BCUT2D eigenvalue weighted by atomic mass is 10.2. The van der Waals surface area contributed by atoms with Gasteiger partial charge < -0.3 is 15.3 Å². The summed E-state index contributed by atoms with van der Waals surface area (Å²) in [6.07, 6.45) is 2.59. The Kier molecular flexibility index (Phi) is 6.43. The van der Waals surface area contributed by atoms with E-state index in [1.807, 2.05) is 19.1 Å². The van der Waals surface area contributed by atoms with Crippen LogP contribution in [-0.4, -0.2) is 31.1 Å². The fraction of sp³-hybridized carbons (Fsp3) is 0.417. The number of rotatable bonds is 7. The minimum atomic E-state index is 0.0574. The average molecular weight is 257 g/mol. The van der Waals surface area contributed by atoms with Gasteiger partial charge in [0.1, 0.15) is 5.75 Å². The molecular formula is C12H17ClN2O2. The maximum absolute atomic E-state index is 8.55. The molecule has 0 heterocycles. The Morgan fingerprint density at radius 1 is 1.53 bits per heavy atom. The van der Waals surface area contributed by atoms with Crippen LogP contribution in [0.25, 0.3) is 0 Å². The molecule has 0 radical (unpaired) electrons. The van der Waals surface area contributed by atoms with E-state index in [0.717, 1.165) is 12.0 Å². The molecule has 0 fully saturated rings. The summed E-state index contributed by atoms with van der Waals surface area (Å²) in [6.45, 7) is 3.19. The molecule has 0 saturated heterocycles. The van der Waals surface area contributed by atoms with Crippen LogP contribution >= 0.6 is 11.6 Å². The van der Waals surface area contributed by atoms with Crippen LogP contribution in [-0.2, 0) is 0 Å². The number of hydrogen-bond acceptors (Lipinski definition) is 4. The van der Waals surface area contributed by atoms with Crippen LogP contribution in [0, 0.1) is 0 Å². The van der Waals surface area contributed by atoms with Crippen LogP contribution in [0.5, 0.6) is 5.75 Å². The molecule has 0 aromatic heterocycles. The molecule has 2 N–H and O–H groups in total. The van der Waals surface area contributed by atoms with Crippen LogP contribution in [0.3, 0.4) is 0 Å². The van der Waals surface area contributed by atoms with Gasteiger partial charge in [-0.05, 0) is 30.2 Å². The first-order chi connectivity index (χ1) is 8.27. The van der Waals surface area contributed by atoms with Crippen molar-refractivity contribution in [1.82, 2.24) is 5.43 Å². The van der Waals surface area contributed by atoms with Gasteiger partial charge in [-0.3, -0.25) is 0 Å². The smallest absolute Gasteiger partial charge is 0.137 e. The van der Waals surface area contributed by atoms with Gasteiger partial charge in [-0.2, -0.15) is 5.10 Å². The Balaban J connectivity index is 2.58. The topological polar surface area (TPSA) is 53.8 Å². The SMILES string of the molecule is CCCOc1ccc(C=NNCCO)cc1Cl. The zero-order valence-electron chi connectivity index (χ0n) is 9.82. The molecule has 4 nitrogen and oxygen atoms in total. The van der Waals surface area contributed by atoms with Crippen LogP contribution in [0.2, 0.25) is 5.02 Å². The first-order valence-electron chi connectivity index (χ1n) is 5.57. The summed E-state index contributed by atoms with van der Waals surface area (Å²) >= 11 is 6.06. The molecule has 0 amide bonds. The number of aliphatic hydroxyl groups excluding tert-OH is 1. The summed E-state index contributed by atoms with van der Waals surface area (Å²) in [7, 11) is 0. The monoisotopic (exact) mass is 256 g/mol. The van der Waals surface area contributed by atoms with Crippen LogP contribution in [0.4, 0.5) is 0 Å². The third-order valence-corrected chi connectivity index (χ3v) is 2.24. The number of hydrazone groups is 1. The summed E-state index contributed by atoms with van der Waals surface area (Å²) in [5.41, 5.74) is 3.58. The van der Waals surface area contributed by atoms with Gasteiger partial charge >= 0.3 is 0 Å². The number of ether oxygens (including phenoxy) is 1. The van der Waals surface area contributed by atoms with Gasteiger partial charge in [0.05, 0.1) is 31.0 Å². The van der Waals surface area contributed by atoms with Crippen molar-refractivity contribution in [2.24, 2.45) is 5.10 Å². The normalized spacial score (nSPS) is 10.8. The molecule has 0 bridgehead atoms. The van der Waals surface area contributed by atoms with E-state index in [-0.39, 0.29) is 6.61 Å². The van der Waals surface area contributed by atoms with Gasteiger partial charge in [0, 0.05) is 0 Å². The Hall–Kier alpha value is -1.26. The molecule has 94 valence electrons. The van der Waals surface area contributed by atoms with Crippen molar-refractivity contribution in [3.05, 3.63) is 28.8 Å². The molecule has 17 heavy (non-hydrogen) atoms. The van der Waals surface area contributed by atoms with Crippen molar-refractivity contribution in [3.8, 4) is 5.75 Å². The lowest BCUT2D eigenvalue weighted by Gasteiger charge is -2.06. The summed E-state index contributed by atoms with van der Waals surface area (Å²) in [6, 6.07) is 5.49. The summed E-state index contributed by atoms with van der Waals surface area (Å²) in [4.78, 5) is 0. The zero-order chi connectivity index (χ0) is 12.5. The fourth-order valence-corrected chi connectivity index (χ4v) is 1.40. The van der Waals surface area contributed by atoms with Crippen molar-refractivity contribution in [3.63, 3.8) is 0 Å². The highest BCUT2D eigenvalue weighted by Gasteiger charge is 2.01. The maximum atomic E-state index is 8.55. The molecule has 0 spiro atoms. The summed E-state index contributed by atoms with van der Waals surface area (Å²) in [5.74, 6) is 0.689. The molecule has 0 aliphatic rings. The van der Waals surface area contributed by atoms with E-state index >= 15 is 0 Å². The van der Waals surface area contributed by atoms with Gasteiger partial charge in [0.15, 0.2) is 0 Å². The second kappa shape index (κ2) is 7.92. The third-order valence-electron chi connectivity index (χ3n) is 1.95. The predicted molar refractivity (Wildman–Crippen MR) is 69.9 cm³/mol. The Labute approximate surface area is 106 Å². The Bertz CT molecular complexity index is 370. The number of nitrogens with one attached hydrogen (secondary N) is 1. The quantitative estimate of drug-likeness (QED) is 0.446. The second-order valence-electron chi connectivity index (χ2n) is 3.43. The van der Waals surface area contributed by atoms with Gasteiger partial charge in [-0.25, -0.2) is 0 Å². The van der Waals surface area contributed by atoms with E-state index in [0.29, 0.717) is 23.9 Å². The Morgan fingerprint density at radius 2 is 2.35 bits per heavy atom. The van der Waals surface area contributed by atoms with Gasteiger partial charge in [-0.15, -0.1) is 0 Å². The first kappa shape index (κ1) is 13.8. The number of benzene rings is 1. The highest BCUT2D eigenvalue weighted by molar-refractivity contribution is 6.32. The average Bonchev–Trinajstić information content (AvgIpc) is 2.34. The zero-order valence-corrected chi connectivity index (χ0v) is 10.6. The molecular weight excluding hydrogens is 240 g/mol. The number of nitrogens with zero attached hydrogens (tertiary/aromatic N) is 1. The van der Waals surface area contributed by atoms with E-state index in [2.05, 4.69) is 10.5 Å². The molecule has 1 rings (SSSR count). The van der Waals surface area contributed by atoms with Crippen molar-refractivity contribution in [1.29, 1.82) is 0 Å². The fourth-order valence-electron chi connectivity index (χ4n) is 1.16. The van der Waals surface area contributed by atoms with E-state index in [4.69, 9.17) is 21.4 Å². The van der Waals surface area contributed by atoms with Crippen molar-refractivity contribution >= 4 is 17.8 Å². The van der Waals surface area contributed by atoms with E-state index < -0.39 is 0 Å². The van der Waals surface area contributed by atoms with Crippen LogP contribution in [0.15, 0.2) is 23.3 Å². The molecule has 0 aliphatic heterocycles. The molecule has 5 heteroatoms. The third kappa shape index (κ3) is 5.06.